The van der Waals surface area contributed by atoms with E-state index in [1.165, 1.54) is 5.56 Å². The molecular weight excluding hydrogens is 486 g/mol. The molecule has 6 heteroatoms. The Kier molecular flexibility index (Phi) is 6.44. The standard InChI is InChI=1S/C33H31N3O3/c1-2-6-23-13-27-20-34-36(21-22-9-11-26(12-10-22)25-7-4-3-5-8-25)31(27)29(14-23)32(39)35-28-18-33(19-28)16-24(17-33)15-30(37)38/h3-5,7-14,20,24,28H,15-19,21H2,1H3,(H,35,39)(H,37,38). The summed E-state index contributed by atoms with van der Waals surface area (Å²) in [6.07, 6.45) is 5.79. The van der Waals surface area contributed by atoms with Crippen LogP contribution in [0.4, 0.5) is 0 Å². The van der Waals surface area contributed by atoms with Gasteiger partial charge >= 0.3 is 5.97 Å². The first-order valence-corrected chi connectivity index (χ1v) is 13.5. The molecule has 39 heavy (non-hydrogen) atoms. The van der Waals surface area contributed by atoms with E-state index in [4.69, 9.17) is 5.11 Å². The summed E-state index contributed by atoms with van der Waals surface area (Å²) in [5.41, 5.74) is 5.84. The summed E-state index contributed by atoms with van der Waals surface area (Å²) < 4.78 is 1.90. The van der Waals surface area contributed by atoms with Gasteiger partial charge in [0.1, 0.15) is 0 Å². The van der Waals surface area contributed by atoms with Crippen molar-refractivity contribution < 1.29 is 14.7 Å². The summed E-state index contributed by atoms with van der Waals surface area (Å²) in [6, 6.07) is 22.7. The van der Waals surface area contributed by atoms with E-state index >= 15 is 0 Å². The van der Waals surface area contributed by atoms with Crippen LogP contribution in [0.2, 0.25) is 0 Å². The zero-order chi connectivity index (χ0) is 27.0. The van der Waals surface area contributed by atoms with E-state index in [-0.39, 0.29) is 29.7 Å². The second-order valence-corrected chi connectivity index (χ2v) is 11.2. The molecule has 0 saturated heterocycles. The van der Waals surface area contributed by atoms with Crippen LogP contribution < -0.4 is 5.32 Å². The van der Waals surface area contributed by atoms with Crippen molar-refractivity contribution in [2.45, 2.75) is 51.6 Å². The largest absolute Gasteiger partial charge is 0.481 e. The number of aliphatic carboxylic acids is 1. The monoisotopic (exact) mass is 517 g/mol. The number of carbonyl (C=O) groups excluding carboxylic acids is 1. The highest BCUT2D eigenvalue weighted by atomic mass is 16.4. The van der Waals surface area contributed by atoms with Crippen LogP contribution in [-0.2, 0) is 11.3 Å². The van der Waals surface area contributed by atoms with Crippen LogP contribution in [0.25, 0.3) is 22.0 Å². The fourth-order valence-electron chi connectivity index (χ4n) is 6.59. The highest BCUT2D eigenvalue weighted by molar-refractivity contribution is 6.06. The van der Waals surface area contributed by atoms with Crippen molar-refractivity contribution in [2.24, 2.45) is 11.3 Å². The van der Waals surface area contributed by atoms with Gasteiger partial charge in [0.2, 0.25) is 0 Å². The number of amides is 1. The average Bonchev–Trinajstić information content (AvgIpc) is 3.29. The molecule has 3 aromatic carbocycles. The third kappa shape index (κ3) is 5.05. The van der Waals surface area contributed by atoms with Gasteiger partial charge in [-0.15, -0.1) is 5.92 Å². The molecule has 2 N–H and O–H groups in total. The Labute approximate surface area is 228 Å². The van der Waals surface area contributed by atoms with Crippen molar-refractivity contribution >= 4 is 22.8 Å². The number of hydrogen-bond acceptors (Lipinski definition) is 3. The van der Waals surface area contributed by atoms with Crippen molar-refractivity contribution in [3.8, 4) is 23.0 Å². The summed E-state index contributed by atoms with van der Waals surface area (Å²) in [5, 5.41) is 17.8. The molecule has 1 amide bonds. The molecular formula is C33H31N3O3. The molecule has 0 radical (unpaired) electrons. The first-order chi connectivity index (χ1) is 18.9. The molecule has 2 aliphatic carbocycles. The lowest BCUT2D eigenvalue weighted by Gasteiger charge is -2.57. The fraction of sp³-hybridized carbons (Fsp3) is 0.303. The molecule has 0 bridgehead atoms. The maximum atomic E-state index is 13.6. The topological polar surface area (TPSA) is 84.2 Å². The Morgan fingerprint density at radius 2 is 1.74 bits per heavy atom. The van der Waals surface area contributed by atoms with Crippen molar-refractivity contribution in [1.82, 2.24) is 15.1 Å². The predicted octanol–water partition coefficient (Wildman–Crippen LogP) is 5.89. The van der Waals surface area contributed by atoms with Gasteiger partial charge in [-0.2, -0.15) is 5.10 Å². The maximum Gasteiger partial charge on any atom is 0.303 e. The van der Waals surface area contributed by atoms with E-state index in [2.05, 4.69) is 58.7 Å². The zero-order valence-corrected chi connectivity index (χ0v) is 22.0. The van der Waals surface area contributed by atoms with Crippen LogP contribution in [0.5, 0.6) is 0 Å². The lowest BCUT2D eigenvalue weighted by Crippen LogP contribution is -2.56. The van der Waals surface area contributed by atoms with Crippen molar-refractivity contribution in [3.63, 3.8) is 0 Å². The molecule has 2 fully saturated rings. The van der Waals surface area contributed by atoms with E-state index in [1.54, 1.807) is 13.1 Å². The van der Waals surface area contributed by atoms with Gasteiger partial charge in [-0.25, -0.2) is 0 Å². The molecule has 2 saturated carbocycles. The number of carbonyl (C=O) groups is 2. The Bertz CT molecular complexity index is 1600. The quantitative estimate of drug-likeness (QED) is 0.300. The van der Waals surface area contributed by atoms with Gasteiger partial charge in [0.05, 0.1) is 23.8 Å². The molecule has 6 nitrogen and oxygen atoms in total. The van der Waals surface area contributed by atoms with Crippen LogP contribution in [-0.4, -0.2) is 32.8 Å². The normalized spacial score (nSPS) is 21.5. The van der Waals surface area contributed by atoms with Crippen LogP contribution >= 0.6 is 0 Å². The molecule has 1 heterocycles. The second kappa shape index (κ2) is 10.1. The molecule has 4 aromatic rings. The number of benzene rings is 3. The average molecular weight is 518 g/mol. The SMILES string of the molecule is CC#Cc1cc(C(=O)NC2CC3(CC(CC(=O)O)C3)C2)c2c(cnn2Cc2ccc(-c3ccccc3)cc2)c1. The minimum atomic E-state index is -0.721. The Balaban J connectivity index is 1.21. The highest BCUT2D eigenvalue weighted by Gasteiger charge is 2.53. The van der Waals surface area contributed by atoms with Crippen LogP contribution in [0.3, 0.4) is 0 Å². The van der Waals surface area contributed by atoms with Gasteiger partial charge in [0.15, 0.2) is 0 Å². The number of aromatic nitrogens is 2. The van der Waals surface area contributed by atoms with Crippen LogP contribution in [0.1, 0.15) is 60.5 Å². The highest BCUT2D eigenvalue weighted by Crippen LogP contribution is 2.59. The van der Waals surface area contributed by atoms with E-state index in [9.17, 15) is 9.59 Å². The maximum absolute atomic E-state index is 13.6. The summed E-state index contributed by atoms with van der Waals surface area (Å²) in [5.74, 6) is 5.48. The van der Waals surface area contributed by atoms with E-state index in [1.807, 2.05) is 35.0 Å². The smallest absolute Gasteiger partial charge is 0.303 e. The van der Waals surface area contributed by atoms with Gasteiger partial charge < -0.3 is 10.4 Å². The summed E-state index contributed by atoms with van der Waals surface area (Å²) in [7, 11) is 0. The van der Waals surface area contributed by atoms with Crippen molar-refractivity contribution in [2.75, 3.05) is 0 Å². The zero-order valence-electron chi connectivity index (χ0n) is 22.0. The van der Waals surface area contributed by atoms with E-state index in [0.717, 1.165) is 53.3 Å². The third-order valence-corrected chi connectivity index (χ3v) is 8.24. The molecule has 196 valence electrons. The van der Waals surface area contributed by atoms with E-state index < -0.39 is 5.97 Å². The van der Waals surface area contributed by atoms with E-state index in [0.29, 0.717) is 12.1 Å². The lowest BCUT2D eigenvalue weighted by atomic mass is 9.49. The number of fused-ring (bicyclic) bond motifs is 1. The molecule has 0 unspecified atom stereocenters. The Morgan fingerprint density at radius 1 is 1.03 bits per heavy atom. The number of carboxylic acid groups (broad SMARTS) is 1. The number of nitrogens with zero attached hydrogens (tertiary/aromatic N) is 2. The van der Waals surface area contributed by atoms with Gasteiger partial charge in [0, 0.05) is 23.4 Å². The molecule has 0 atom stereocenters. The van der Waals surface area contributed by atoms with Gasteiger partial charge in [-0.05, 0) is 72.8 Å². The first kappa shape index (κ1) is 24.9. The minimum Gasteiger partial charge on any atom is -0.481 e. The third-order valence-electron chi connectivity index (χ3n) is 8.24. The molecule has 6 rings (SSSR count). The van der Waals surface area contributed by atoms with Crippen molar-refractivity contribution in [3.05, 3.63) is 89.6 Å². The fourth-order valence-corrected chi connectivity index (χ4v) is 6.59. The van der Waals surface area contributed by atoms with Gasteiger partial charge in [0.25, 0.3) is 5.91 Å². The number of carboxylic acids is 1. The minimum absolute atomic E-state index is 0.109. The Morgan fingerprint density at radius 3 is 2.44 bits per heavy atom. The van der Waals surface area contributed by atoms with Crippen molar-refractivity contribution in [1.29, 1.82) is 0 Å². The van der Waals surface area contributed by atoms with Crippen LogP contribution in [0.15, 0.2) is 72.9 Å². The predicted molar refractivity (Wildman–Crippen MR) is 151 cm³/mol. The number of hydrogen-bond donors (Lipinski definition) is 2. The molecule has 2 aliphatic rings. The molecule has 0 aliphatic heterocycles. The van der Waals surface area contributed by atoms with Gasteiger partial charge in [-0.1, -0.05) is 60.5 Å². The lowest BCUT2D eigenvalue weighted by molar-refractivity contribution is -0.142. The summed E-state index contributed by atoms with van der Waals surface area (Å²) >= 11 is 0. The second-order valence-electron chi connectivity index (χ2n) is 11.2. The van der Waals surface area contributed by atoms with Crippen LogP contribution in [0, 0.1) is 23.2 Å². The first-order valence-electron chi connectivity index (χ1n) is 13.5. The molecule has 1 spiro atoms. The summed E-state index contributed by atoms with van der Waals surface area (Å²) in [4.78, 5) is 24.6. The number of nitrogens with one attached hydrogen (secondary N) is 1. The molecule has 1 aromatic heterocycles. The van der Waals surface area contributed by atoms with Gasteiger partial charge in [-0.3, -0.25) is 14.3 Å². The Hall–Kier alpha value is -4.37. The number of rotatable bonds is 7. The summed E-state index contributed by atoms with van der Waals surface area (Å²) in [6.45, 7) is 2.34.